The minimum absolute atomic E-state index is 0.0314. The molecule has 0 bridgehead atoms. The average Bonchev–Trinajstić information content (AvgIpc) is 3.17. The fourth-order valence-corrected chi connectivity index (χ4v) is 3.79. The molecule has 1 fully saturated rings. The molecule has 1 saturated heterocycles. The number of halogens is 1. The SMILES string of the molecule is O=C(NC1(C(=O)O)CCSC1)c1cn(Cc2cccc(F)c2)nn1. The van der Waals surface area contributed by atoms with Crippen molar-refractivity contribution < 1.29 is 19.1 Å². The Hall–Kier alpha value is -2.42. The summed E-state index contributed by atoms with van der Waals surface area (Å²) in [6.45, 7) is 0.262. The summed E-state index contributed by atoms with van der Waals surface area (Å²) in [7, 11) is 0. The largest absolute Gasteiger partial charge is 0.479 e. The van der Waals surface area contributed by atoms with Gasteiger partial charge >= 0.3 is 5.97 Å². The maximum Gasteiger partial charge on any atom is 0.330 e. The van der Waals surface area contributed by atoms with E-state index in [1.165, 1.54) is 34.8 Å². The van der Waals surface area contributed by atoms with Crippen LogP contribution in [0.5, 0.6) is 0 Å². The normalized spacial score (nSPS) is 20.0. The molecule has 0 radical (unpaired) electrons. The fourth-order valence-electron chi connectivity index (χ4n) is 2.47. The van der Waals surface area contributed by atoms with Crippen LogP contribution in [0.2, 0.25) is 0 Å². The lowest BCUT2D eigenvalue weighted by molar-refractivity contribution is -0.143. The average molecular weight is 350 g/mol. The number of hydrogen-bond acceptors (Lipinski definition) is 5. The van der Waals surface area contributed by atoms with Crippen LogP contribution in [0.15, 0.2) is 30.5 Å². The van der Waals surface area contributed by atoms with Crippen molar-refractivity contribution in [2.75, 3.05) is 11.5 Å². The molecule has 2 aromatic rings. The number of hydrogen-bond donors (Lipinski definition) is 2. The van der Waals surface area contributed by atoms with Crippen molar-refractivity contribution in [1.82, 2.24) is 20.3 Å². The smallest absolute Gasteiger partial charge is 0.330 e. The number of amides is 1. The van der Waals surface area contributed by atoms with E-state index in [-0.39, 0.29) is 18.1 Å². The molecule has 2 heterocycles. The van der Waals surface area contributed by atoms with E-state index in [1.807, 2.05) is 0 Å². The van der Waals surface area contributed by atoms with Gasteiger partial charge in [0.25, 0.3) is 5.91 Å². The molecule has 1 aromatic carbocycles. The second-order valence-corrected chi connectivity index (χ2v) is 6.68. The van der Waals surface area contributed by atoms with Crippen molar-refractivity contribution in [3.63, 3.8) is 0 Å². The highest BCUT2D eigenvalue weighted by molar-refractivity contribution is 7.99. The van der Waals surface area contributed by atoms with Gasteiger partial charge in [0.05, 0.1) is 12.7 Å². The van der Waals surface area contributed by atoms with Crippen LogP contribution >= 0.6 is 11.8 Å². The predicted octanol–water partition coefficient (Wildman–Crippen LogP) is 1.16. The van der Waals surface area contributed by atoms with Gasteiger partial charge in [0, 0.05) is 5.75 Å². The molecule has 2 N–H and O–H groups in total. The van der Waals surface area contributed by atoms with Crippen molar-refractivity contribution in [2.45, 2.75) is 18.5 Å². The van der Waals surface area contributed by atoms with Gasteiger partial charge in [-0.1, -0.05) is 17.3 Å². The first kappa shape index (κ1) is 16.4. The number of carbonyl (C=O) groups excluding carboxylic acids is 1. The molecule has 0 saturated carbocycles. The first-order valence-corrected chi connectivity index (χ1v) is 8.42. The van der Waals surface area contributed by atoms with E-state index >= 15 is 0 Å². The summed E-state index contributed by atoms with van der Waals surface area (Å²) in [4.78, 5) is 23.7. The summed E-state index contributed by atoms with van der Waals surface area (Å²) in [5, 5.41) is 19.5. The van der Waals surface area contributed by atoms with Gasteiger partial charge in [-0.15, -0.1) is 5.10 Å². The van der Waals surface area contributed by atoms with Crippen LogP contribution in [0.4, 0.5) is 4.39 Å². The minimum Gasteiger partial charge on any atom is -0.479 e. The van der Waals surface area contributed by atoms with E-state index in [0.29, 0.717) is 23.5 Å². The number of aliphatic carboxylic acids is 1. The van der Waals surface area contributed by atoms with Crippen LogP contribution < -0.4 is 5.32 Å². The highest BCUT2D eigenvalue weighted by Crippen LogP contribution is 2.28. The summed E-state index contributed by atoms with van der Waals surface area (Å²) < 4.78 is 14.6. The van der Waals surface area contributed by atoms with Crippen molar-refractivity contribution in [3.05, 3.63) is 47.5 Å². The van der Waals surface area contributed by atoms with Gasteiger partial charge in [0.15, 0.2) is 5.69 Å². The molecule has 0 aliphatic carbocycles. The van der Waals surface area contributed by atoms with Crippen molar-refractivity contribution in [1.29, 1.82) is 0 Å². The molecule has 7 nitrogen and oxygen atoms in total. The molecule has 1 atom stereocenters. The molecule has 1 aromatic heterocycles. The highest BCUT2D eigenvalue weighted by atomic mass is 32.2. The van der Waals surface area contributed by atoms with Crippen molar-refractivity contribution >= 4 is 23.6 Å². The summed E-state index contributed by atoms with van der Waals surface area (Å²) in [5.74, 6) is -0.976. The number of thioether (sulfide) groups is 1. The lowest BCUT2D eigenvalue weighted by atomic mass is 9.99. The molecule has 0 spiro atoms. The molecular weight excluding hydrogens is 335 g/mol. The molecule has 1 aliphatic heterocycles. The number of rotatable bonds is 5. The maximum absolute atomic E-state index is 13.2. The zero-order chi connectivity index (χ0) is 17.2. The first-order chi connectivity index (χ1) is 11.5. The fraction of sp³-hybridized carbons (Fsp3) is 0.333. The van der Waals surface area contributed by atoms with Crippen LogP contribution in [-0.2, 0) is 11.3 Å². The Bertz CT molecular complexity index is 774. The standard InChI is InChI=1S/C15H15FN4O3S/c16-11-3-1-2-10(6-11)7-20-8-12(18-19-20)13(21)17-15(14(22)23)4-5-24-9-15/h1-3,6,8H,4-5,7,9H2,(H,17,21)(H,22,23). The summed E-state index contributed by atoms with van der Waals surface area (Å²) in [6.07, 6.45) is 1.79. The number of benzene rings is 1. The number of carboxylic acid groups (broad SMARTS) is 1. The second-order valence-electron chi connectivity index (χ2n) is 5.58. The Kier molecular flexibility index (Phi) is 4.52. The topological polar surface area (TPSA) is 97.1 Å². The first-order valence-electron chi connectivity index (χ1n) is 7.27. The van der Waals surface area contributed by atoms with Gasteiger partial charge in [0.1, 0.15) is 11.4 Å². The molecule has 9 heteroatoms. The Balaban J connectivity index is 1.70. The van der Waals surface area contributed by atoms with Gasteiger partial charge in [-0.05, 0) is 29.9 Å². The van der Waals surface area contributed by atoms with Gasteiger partial charge < -0.3 is 10.4 Å². The number of aromatic nitrogens is 3. The highest BCUT2D eigenvalue weighted by Gasteiger charge is 2.43. The van der Waals surface area contributed by atoms with Crippen LogP contribution in [0, 0.1) is 5.82 Å². The quantitative estimate of drug-likeness (QED) is 0.840. The lowest BCUT2D eigenvalue weighted by Gasteiger charge is -2.23. The van der Waals surface area contributed by atoms with E-state index in [0.717, 1.165) is 0 Å². The van der Waals surface area contributed by atoms with Crippen LogP contribution in [0.1, 0.15) is 22.5 Å². The lowest BCUT2D eigenvalue weighted by Crippen LogP contribution is -2.54. The third kappa shape index (κ3) is 3.40. The molecule has 24 heavy (non-hydrogen) atoms. The van der Waals surface area contributed by atoms with Gasteiger partial charge in [-0.3, -0.25) is 4.79 Å². The molecule has 1 amide bonds. The summed E-state index contributed by atoms with van der Waals surface area (Å²) in [6, 6.07) is 6.04. The third-order valence-electron chi connectivity index (χ3n) is 3.79. The van der Waals surface area contributed by atoms with Crippen LogP contribution in [-0.4, -0.2) is 49.0 Å². The Morgan fingerprint density at radius 2 is 2.29 bits per heavy atom. The van der Waals surface area contributed by atoms with Crippen molar-refractivity contribution in [3.8, 4) is 0 Å². The predicted molar refractivity (Wildman–Crippen MR) is 85.3 cm³/mol. The van der Waals surface area contributed by atoms with Gasteiger partial charge in [0.2, 0.25) is 0 Å². The minimum atomic E-state index is -1.26. The third-order valence-corrected chi connectivity index (χ3v) is 4.98. The molecular formula is C15H15FN4O3S. The Labute approximate surface area is 141 Å². The Morgan fingerprint density at radius 3 is 2.96 bits per heavy atom. The van der Waals surface area contributed by atoms with E-state index in [1.54, 1.807) is 12.1 Å². The number of carbonyl (C=O) groups is 2. The summed E-state index contributed by atoms with van der Waals surface area (Å²) in [5.41, 5.74) is -0.543. The monoisotopic (exact) mass is 350 g/mol. The van der Waals surface area contributed by atoms with E-state index in [2.05, 4.69) is 15.6 Å². The molecule has 1 aliphatic rings. The van der Waals surface area contributed by atoms with Gasteiger partial charge in [-0.2, -0.15) is 11.8 Å². The molecule has 3 rings (SSSR count). The van der Waals surface area contributed by atoms with E-state index < -0.39 is 17.4 Å². The van der Waals surface area contributed by atoms with E-state index in [9.17, 15) is 19.1 Å². The van der Waals surface area contributed by atoms with Crippen LogP contribution in [0.3, 0.4) is 0 Å². The maximum atomic E-state index is 13.2. The van der Waals surface area contributed by atoms with Crippen LogP contribution in [0.25, 0.3) is 0 Å². The molecule has 1 unspecified atom stereocenters. The van der Waals surface area contributed by atoms with E-state index in [4.69, 9.17) is 0 Å². The summed E-state index contributed by atoms with van der Waals surface area (Å²) >= 11 is 1.48. The second kappa shape index (κ2) is 6.60. The Morgan fingerprint density at radius 1 is 1.46 bits per heavy atom. The molecule has 126 valence electrons. The zero-order valence-electron chi connectivity index (χ0n) is 12.6. The zero-order valence-corrected chi connectivity index (χ0v) is 13.4. The van der Waals surface area contributed by atoms with Crippen molar-refractivity contribution in [2.24, 2.45) is 0 Å². The number of nitrogens with zero attached hydrogens (tertiary/aromatic N) is 3. The number of carboxylic acids is 1. The number of nitrogens with one attached hydrogen (secondary N) is 1. The van der Waals surface area contributed by atoms with Gasteiger partial charge in [-0.25, -0.2) is 13.9 Å².